The summed E-state index contributed by atoms with van der Waals surface area (Å²) >= 11 is 9.95. The molecule has 0 saturated carbocycles. The molecule has 3 rings (SSSR count). The van der Waals surface area contributed by atoms with E-state index in [-0.39, 0.29) is 10.6 Å². The molecule has 0 radical (unpaired) electrons. The van der Waals surface area contributed by atoms with Crippen molar-refractivity contribution in [1.29, 1.82) is 0 Å². The summed E-state index contributed by atoms with van der Waals surface area (Å²) in [6, 6.07) is 17.6. The fraction of sp³-hybridized carbons (Fsp3) is 0.111. The summed E-state index contributed by atoms with van der Waals surface area (Å²) in [5.74, 6) is -0.277. The number of hydrogen-bond donors (Lipinski definition) is 0. The highest BCUT2D eigenvalue weighted by molar-refractivity contribution is 9.09. The molecule has 106 valence electrons. The first-order valence-electron chi connectivity index (χ1n) is 6.65. The predicted molar refractivity (Wildman–Crippen MR) is 90.9 cm³/mol. The standard InChI is InChI=1S/C18H13BrClF/c1-11-9-15(16(20)10-17(11)21)18(19)14-8-4-6-12-5-2-3-7-13(12)14/h2-10,18H,1H3. The predicted octanol–water partition coefficient (Wildman–Crippen LogP) is 6.43. The topological polar surface area (TPSA) is 0 Å². The molecule has 3 aromatic carbocycles. The van der Waals surface area contributed by atoms with Gasteiger partial charge in [-0.2, -0.15) is 0 Å². The van der Waals surface area contributed by atoms with Gasteiger partial charge in [0, 0.05) is 5.02 Å². The lowest BCUT2D eigenvalue weighted by Gasteiger charge is -2.16. The van der Waals surface area contributed by atoms with E-state index in [1.54, 1.807) is 13.0 Å². The van der Waals surface area contributed by atoms with Crippen LogP contribution in [0.15, 0.2) is 54.6 Å². The Labute approximate surface area is 136 Å². The van der Waals surface area contributed by atoms with Crippen molar-refractivity contribution in [2.24, 2.45) is 0 Å². The van der Waals surface area contributed by atoms with E-state index in [1.165, 1.54) is 16.8 Å². The minimum absolute atomic E-state index is 0.0737. The van der Waals surface area contributed by atoms with Crippen LogP contribution in [0.4, 0.5) is 4.39 Å². The highest BCUT2D eigenvalue weighted by Crippen LogP contribution is 2.39. The normalized spacial score (nSPS) is 12.6. The molecular weight excluding hydrogens is 351 g/mol. The number of alkyl halides is 1. The van der Waals surface area contributed by atoms with Gasteiger partial charge in [0.25, 0.3) is 0 Å². The Morgan fingerprint density at radius 2 is 1.71 bits per heavy atom. The van der Waals surface area contributed by atoms with Crippen molar-refractivity contribution in [3.63, 3.8) is 0 Å². The van der Waals surface area contributed by atoms with Gasteiger partial charge in [-0.15, -0.1) is 0 Å². The summed E-state index contributed by atoms with van der Waals surface area (Å²) in [4.78, 5) is -0.0737. The van der Waals surface area contributed by atoms with Crippen LogP contribution < -0.4 is 0 Å². The molecule has 0 aromatic heterocycles. The zero-order chi connectivity index (χ0) is 15.0. The van der Waals surface area contributed by atoms with E-state index in [1.807, 2.05) is 18.2 Å². The second-order valence-electron chi connectivity index (χ2n) is 5.05. The van der Waals surface area contributed by atoms with Crippen LogP contribution in [0, 0.1) is 12.7 Å². The number of rotatable bonds is 2. The average Bonchev–Trinajstić information content (AvgIpc) is 2.49. The van der Waals surface area contributed by atoms with Crippen molar-refractivity contribution in [2.75, 3.05) is 0 Å². The first-order valence-corrected chi connectivity index (χ1v) is 7.94. The molecule has 21 heavy (non-hydrogen) atoms. The number of aryl methyl sites for hydroxylation is 1. The first-order chi connectivity index (χ1) is 10.1. The van der Waals surface area contributed by atoms with Gasteiger partial charge in [0.15, 0.2) is 0 Å². The molecule has 0 aliphatic rings. The highest BCUT2D eigenvalue weighted by atomic mass is 79.9. The summed E-state index contributed by atoms with van der Waals surface area (Å²) < 4.78 is 13.6. The lowest BCUT2D eigenvalue weighted by Crippen LogP contribution is -1.97. The minimum Gasteiger partial charge on any atom is -0.207 e. The Morgan fingerprint density at radius 1 is 1.00 bits per heavy atom. The van der Waals surface area contributed by atoms with E-state index in [0.29, 0.717) is 10.6 Å². The molecule has 0 heterocycles. The van der Waals surface area contributed by atoms with Crippen molar-refractivity contribution < 1.29 is 4.39 Å². The number of hydrogen-bond acceptors (Lipinski definition) is 0. The van der Waals surface area contributed by atoms with Gasteiger partial charge < -0.3 is 0 Å². The Balaban J connectivity index is 2.17. The van der Waals surface area contributed by atoms with E-state index in [2.05, 4.69) is 40.2 Å². The van der Waals surface area contributed by atoms with Gasteiger partial charge >= 0.3 is 0 Å². The molecule has 1 unspecified atom stereocenters. The van der Waals surface area contributed by atoms with E-state index in [0.717, 1.165) is 11.1 Å². The van der Waals surface area contributed by atoms with Crippen LogP contribution in [0.25, 0.3) is 10.8 Å². The third-order valence-corrected chi connectivity index (χ3v) is 4.96. The van der Waals surface area contributed by atoms with Crippen molar-refractivity contribution in [3.05, 3.63) is 82.1 Å². The van der Waals surface area contributed by atoms with Crippen molar-refractivity contribution in [1.82, 2.24) is 0 Å². The second-order valence-corrected chi connectivity index (χ2v) is 6.38. The second kappa shape index (κ2) is 5.78. The molecule has 0 amide bonds. The third kappa shape index (κ3) is 2.70. The molecule has 3 heteroatoms. The first kappa shape index (κ1) is 14.6. The maximum atomic E-state index is 13.6. The van der Waals surface area contributed by atoms with Gasteiger partial charge in [0.2, 0.25) is 0 Å². The van der Waals surface area contributed by atoms with E-state index < -0.39 is 0 Å². The van der Waals surface area contributed by atoms with E-state index >= 15 is 0 Å². The van der Waals surface area contributed by atoms with Crippen LogP contribution in [-0.4, -0.2) is 0 Å². The molecule has 0 nitrogen and oxygen atoms in total. The maximum absolute atomic E-state index is 13.6. The van der Waals surface area contributed by atoms with Gasteiger partial charge in [0.1, 0.15) is 5.82 Å². The molecule has 0 aliphatic heterocycles. The van der Waals surface area contributed by atoms with Crippen molar-refractivity contribution in [2.45, 2.75) is 11.8 Å². The molecule has 1 atom stereocenters. The summed E-state index contributed by atoms with van der Waals surface area (Å²) in [5.41, 5.74) is 2.60. The van der Waals surface area contributed by atoms with E-state index in [9.17, 15) is 4.39 Å². The maximum Gasteiger partial charge on any atom is 0.127 e. The number of benzene rings is 3. The van der Waals surface area contributed by atoms with E-state index in [4.69, 9.17) is 11.6 Å². The van der Waals surface area contributed by atoms with Crippen LogP contribution in [-0.2, 0) is 0 Å². The summed E-state index contributed by atoms with van der Waals surface area (Å²) in [7, 11) is 0. The van der Waals surface area contributed by atoms with Gasteiger partial charge in [-0.25, -0.2) is 4.39 Å². The summed E-state index contributed by atoms with van der Waals surface area (Å²) in [6.45, 7) is 1.75. The molecule has 0 N–H and O–H groups in total. The van der Waals surface area contributed by atoms with Gasteiger partial charge in [-0.1, -0.05) is 76.1 Å². The summed E-state index contributed by atoms with van der Waals surface area (Å²) in [5, 5.41) is 2.78. The number of fused-ring (bicyclic) bond motifs is 1. The molecule has 0 saturated heterocycles. The smallest absolute Gasteiger partial charge is 0.127 e. The molecule has 0 aliphatic carbocycles. The third-order valence-electron chi connectivity index (χ3n) is 3.65. The van der Waals surface area contributed by atoms with Gasteiger partial charge in [-0.3, -0.25) is 0 Å². The SMILES string of the molecule is Cc1cc(C(Br)c2cccc3ccccc23)c(Cl)cc1F. The largest absolute Gasteiger partial charge is 0.207 e. The zero-order valence-corrected chi connectivity index (χ0v) is 13.7. The Hall–Kier alpha value is -1.38. The minimum atomic E-state index is -0.277. The Morgan fingerprint density at radius 3 is 2.52 bits per heavy atom. The van der Waals surface area contributed by atoms with Gasteiger partial charge in [-0.05, 0) is 40.5 Å². The zero-order valence-electron chi connectivity index (χ0n) is 11.4. The van der Waals surface area contributed by atoms with Crippen LogP contribution in [0.1, 0.15) is 21.5 Å². The molecule has 0 bridgehead atoms. The molecule has 3 aromatic rings. The fourth-order valence-electron chi connectivity index (χ4n) is 2.51. The van der Waals surface area contributed by atoms with Crippen LogP contribution >= 0.6 is 27.5 Å². The Kier molecular flexibility index (Phi) is 4.01. The van der Waals surface area contributed by atoms with Crippen molar-refractivity contribution >= 4 is 38.3 Å². The Bertz CT molecular complexity index is 808. The average molecular weight is 364 g/mol. The number of halogens is 3. The highest BCUT2D eigenvalue weighted by Gasteiger charge is 2.17. The summed E-state index contributed by atoms with van der Waals surface area (Å²) in [6.07, 6.45) is 0. The quantitative estimate of drug-likeness (QED) is 0.460. The fourth-order valence-corrected chi connectivity index (χ4v) is 3.68. The van der Waals surface area contributed by atoms with Gasteiger partial charge in [0.05, 0.1) is 4.83 Å². The molecule has 0 spiro atoms. The lowest BCUT2D eigenvalue weighted by atomic mass is 9.97. The molecular formula is C18H13BrClF. The van der Waals surface area contributed by atoms with Crippen LogP contribution in [0.5, 0.6) is 0 Å². The monoisotopic (exact) mass is 362 g/mol. The van der Waals surface area contributed by atoms with Crippen molar-refractivity contribution in [3.8, 4) is 0 Å². The lowest BCUT2D eigenvalue weighted by molar-refractivity contribution is 0.618. The molecule has 0 fully saturated rings. The van der Waals surface area contributed by atoms with Crippen LogP contribution in [0.3, 0.4) is 0 Å². The van der Waals surface area contributed by atoms with Crippen LogP contribution in [0.2, 0.25) is 5.02 Å².